The monoisotopic (exact) mass is 273 g/mol. The second-order valence-corrected chi connectivity index (χ2v) is 6.31. The maximum absolute atomic E-state index is 11.8. The van der Waals surface area contributed by atoms with E-state index in [9.17, 15) is 4.79 Å². The van der Waals surface area contributed by atoms with E-state index in [1.54, 1.807) is 4.90 Å². The van der Waals surface area contributed by atoms with E-state index in [1.165, 1.54) is 0 Å². The van der Waals surface area contributed by atoms with Gasteiger partial charge in [0.1, 0.15) is 5.60 Å². The molecule has 1 fully saturated rings. The number of nitrogens with zero attached hydrogens (tertiary/aromatic N) is 1. The van der Waals surface area contributed by atoms with E-state index in [1.807, 2.05) is 20.8 Å². The average molecular weight is 273 g/mol. The van der Waals surface area contributed by atoms with E-state index in [0.717, 1.165) is 32.4 Å². The smallest absolute Gasteiger partial charge is 0.410 e. The van der Waals surface area contributed by atoms with E-state index in [2.05, 4.69) is 12.2 Å². The Balaban J connectivity index is 2.30. The van der Waals surface area contributed by atoms with E-state index in [4.69, 9.17) is 9.84 Å². The number of likely N-dealkylation sites (tertiary alicyclic amines) is 1. The van der Waals surface area contributed by atoms with Crippen LogP contribution in [0.5, 0.6) is 0 Å². The Morgan fingerprint density at radius 3 is 2.39 bits per heavy atom. The molecule has 5 heteroatoms. The molecule has 0 saturated carbocycles. The fraction of sp³-hybridized carbons (Fsp3) is 0.846. The molecule has 0 aliphatic carbocycles. The van der Waals surface area contributed by atoms with Crippen molar-refractivity contribution < 1.29 is 14.6 Å². The zero-order chi connectivity index (χ0) is 13.8. The van der Waals surface area contributed by atoms with Crippen LogP contribution in [-0.4, -0.2) is 39.8 Å². The number of thiocarbonyl (C=S) groups is 1. The third kappa shape index (κ3) is 5.67. The molecule has 0 aromatic carbocycles. The summed E-state index contributed by atoms with van der Waals surface area (Å²) < 4.78 is 5.34. The summed E-state index contributed by atoms with van der Waals surface area (Å²) in [6.07, 6.45) is 3.20. The number of piperidine rings is 1. The van der Waals surface area contributed by atoms with Crippen LogP contribution < -0.4 is 0 Å². The molecule has 4 nitrogen and oxygen atoms in total. The molecule has 0 aromatic heterocycles. The zero-order valence-corrected chi connectivity index (χ0v) is 12.3. The number of rotatable bonds is 3. The zero-order valence-electron chi connectivity index (χ0n) is 11.4. The van der Waals surface area contributed by atoms with Gasteiger partial charge in [-0.15, -0.1) is 0 Å². The van der Waals surface area contributed by atoms with Gasteiger partial charge < -0.3 is 14.7 Å². The van der Waals surface area contributed by atoms with Gasteiger partial charge in [-0.05, 0) is 58.2 Å². The summed E-state index contributed by atoms with van der Waals surface area (Å²) in [6, 6.07) is 0. The second kappa shape index (κ2) is 6.36. The third-order valence-electron chi connectivity index (χ3n) is 3.03. The van der Waals surface area contributed by atoms with Crippen LogP contribution in [0.3, 0.4) is 0 Å². The topological polar surface area (TPSA) is 49.8 Å². The number of amides is 1. The Labute approximate surface area is 114 Å². The fourth-order valence-electron chi connectivity index (χ4n) is 2.06. The largest absolute Gasteiger partial charge is 0.502 e. The first-order valence-electron chi connectivity index (χ1n) is 6.47. The molecule has 1 rings (SSSR count). The summed E-state index contributed by atoms with van der Waals surface area (Å²) >= 11 is 4.66. The molecule has 0 radical (unpaired) electrons. The Morgan fingerprint density at radius 2 is 1.94 bits per heavy atom. The number of ether oxygens (including phenoxy) is 1. The molecule has 1 heterocycles. The second-order valence-electron chi connectivity index (χ2n) is 5.84. The maximum atomic E-state index is 11.8. The molecule has 18 heavy (non-hydrogen) atoms. The van der Waals surface area contributed by atoms with Crippen LogP contribution in [0.15, 0.2) is 0 Å². The quantitative estimate of drug-likeness (QED) is 0.802. The number of carbonyl (C=O) groups is 1. The molecular formula is C13H23NO3S. The SMILES string of the molecule is CC(C)(C)OC(=O)N1CCC(CCC(O)=S)CC1. The highest BCUT2D eigenvalue weighted by Crippen LogP contribution is 2.23. The molecule has 0 unspecified atom stereocenters. The lowest BCUT2D eigenvalue weighted by molar-refractivity contribution is 0.0181. The van der Waals surface area contributed by atoms with Crippen molar-refractivity contribution in [3.8, 4) is 0 Å². The van der Waals surface area contributed by atoms with Crippen molar-refractivity contribution in [2.75, 3.05) is 13.1 Å². The summed E-state index contributed by atoms with van der Waals surface area (Å²) in [4.78, 5) is 13.6. The van der Waals surface area contributed by atoms with Gasteiger partial charge in [0, 0.05) is 19.5 Å². The lowest BCUT2D eigenvalue weighted by atomic mass is 9.92. The number of hydrogen-bond donors (Lipinski definition) is 1. The maximum Gasteiger partial charge on any atom is 0.410 e. The van der Waals surface area contributed by atoms with Gasteiger partial charge in [0.15, 0.2) is 5.05 Å². The van der Waals surface area contributed by atoms with Crippen LogP contribution in [0.25, 0.3) is 0 Å². The van der Waals surface area contributed by atoms with Crippen LogP contribution in [0.2, 0.25) is 0 Å². The summed E-state index contributed by atoms with van der Waals surface area (Å²) in [5.41, 5.74) is -0.434. The molecular weight excluding hydrogens is 250 g/mol. The highest BCUT2D eigenvalue weighted by molar-refractivity contribution is 7.80. The van der Waals surface area contributed by atoms with Gasteiger partial charge in [-0.1, -0.05) is 0 Å². The summed E-state index contributed by atoms with van der Waals surface area (Å²) in [5, 5.41) is 9.09. The molecule has 1 aliphatic rings. The van der Waals surface area contributed by atoms with Crippen molar-refractivity contribution in [1.82, 2.24) is 4.90 Å². The van der Waals surface area contributed by atoms with Crippen LogP contribution in [0.4, 0.5) is 4.79 Å². The number of carbonyl (C=O) groups excluding carboxylic acids is 1. The molecule has 0 aromatic rings. The Hall–Kier alpha value is -0.840. The van der Waals surface area contributed by atoms with Gasteiger partial charge in [0.25, 0.3) is 0 Å². The minimum absolute atomic E-state index is 0.0876. The molecule has 0 bridgehead atoms. The third-order valence-corrected chi connectivity index (χ3v) is 3.24. The first-order valence-corrected chi connectivity index (χ1v) is 6.88. The molecule has 1 saturated heterocycles. The predicted molar refractivity (Wildman–Crippen MR) is 75.0 cm³/mol. The average Bonchev–Trinajstić information content (AvgIpc) is 2.24. The molecule has 0 atom stereocenters. The Bertz CT molecular complexity index is 304. The lowest BCUT2D eigenvalue weighted by Crippen LogP contribution is -2.41. The first-order chi connectivity index (χ1) is 8.28. The normalized spacial score (nSPS) is 17.6. The van der Waals surface area contributed by atoms with Crippen molar-refractivity contribution >= 4 is 23.4 Å². The van der Waals surface area contributed by atoms with Crippen molar-refractivity contribution in [2.45, 2.75) is 52.1 Å². The first kappa shape index (κ1) is 15.2. The number of aliphatic hydroxyl groups excluding tert-OH is 1. The molecule has 1 amide bonds. The standard InChI is InChI=1S/C13H23NO3S/c1-13(2,3)17-12(16)14-8-6-10(7-9-14)4-5-11(15)18/h10H,4-9H2,1-3H3,(H,15,18). The van der Waals surface area contributed by atoms with Crippen LogP contribution in [0.1, 0.15) is 46.5 Å². The predicted octanol–water partition coefficient (Wildman–Crippen LogP) is 3.30. The van der Waals surface area contributed by atoms with Gasteiger partial charge in [0.05, 0.1) is 0 Å². The van der Waals surface area contributed by atoms with Gasteiger partial charge in [-0.2, -0.15) is 0 Å². The van der Waals surface area contributed by atoms with Crippen molar-refractivity contribution in [2.24, 2.45) is 5.92 Å². The van der Waals surface area contributed by atoms with Gasteiger partial charge in [0.2, 0.25) is 0 Å². The van der Waals surface area contributed by atoms with Gasteiger partial charge in [-0.3, -0.25) is 0 Å². The number of hydrogen-bond acceptors (Lipinski definition) is 3. The fourth-order valence-corrected chi connectivity index (χ4v) is 2.18. The molecule has 0 spiro atoms. The van der Waals surface area contributed by atoms with Crippen molar-refractivity contribution in [3.63, 3.8) is 0 Å². The summed E-state index contributed by atoms with van der Waals surface area (Å²) in [5.74, 6) is 0.550. The Kier molecular flexibility index (Phi) is 5.38. The summed E-state index contributed by atoms with van der Waals surface area (Å²) in [7, 11) is 0. The van der Waals surface area contributed by atoms with E-state index in [-0.39, 0.29) is 11.1 Å². The number of aliphatic hydroxyl groups is 1. The minimum atomic E-state index is -0.434. The summed E-state index contributed by atoms with van der Waals surface area (Å²) in [6.45, 7) is 7.09. The molecule has 104 valence electrons. The Morgan fingerprint density at radius 1 is 1.39 bits per heavy atom. The van der Waals surface area contributed by atoms with E-state index >= 15 is 0 Å². The molecule has 1 N–H and O–H groups in total. The van der Waals surface area contributed by atoms with Crippen LogP contribution >= 0.6 is 12.2 Å². The van der Waals surface area contributed by atoms with Crippen LogP contribution in [0, 0.1) is 5.92 Å². The molecule has 1 aliphatic heterocycles. The van der Waals surface area contributed by atoms with Gasteiger partial charge >= 0.3 is 6.09 Å². The van der Waals surface area contributed by atoms with Crippen molar-refractivity contribution in [1.29, 1.82) is 0 Å². The lowest BCUT2D eigenvalue weighted by Gasteiger charge is -2.33. The highest BCUT2D eigenvalue weighted by Gasteiger charge is 2.26. The van der Waals surface area contributed by atoms with E-state index in [0.29, 0.717) is 12.3 Å². The van der Waals surface area contributed by atoms with Crippen LogP contribution in [-0.2, 0) is 4.74 Å². The highest BCUT2D eigenvalue weighted by atomic mass is 32.1. The van der Waals surface area contributed by atoms with Gasteiger partial charge in [-0.25, -0.2) is 4.79 Å². The van der Waals surface area contributed by atoms with E-state index < -0.39 is 5.60 Å². The van der Waals surface area contributed by atoms with Crippen molar-refractivity contribution in [3.05, 3.63) is 0 Å². The minimum Gasteiger partial charge on any atom is -0.502 e.